The molecule has 0 atom stereocenters. The van der Waals surface area contributed by atoms with E-state index in [9.17, 15) is 24.5 Å². The summed E-state index contributed by atoms with van der Waals surface area (Å²) < 4.78 is 6.05. The number of nitro benzene ring substituents is 1. The summed E-state index contributed by atoms with van der Waals surface area (Å²) in [5.41, 5.74) is 1.05. The van der Waals surface area contributed by atoms with Crippen molar-refractivity contribution < 1.29 is 24.0 Å². The Bertz CT molecular complexity index is 998. The largest absolute Gasteiger partial charge is 0.469 e. The molecule has 2 amide bonds. The first-order valence-corrected chi connectivity index (χ1v) is 9.33. The minimum atomic E-state index is -0.487. The van der Waals surface area contributed by atoms with E-state index in [0.29, 0.717) is 17.8 Å². The van der Waals surface area contributed by atoms with E-state index in [1.807, 2.05) is 0 Å². The van der Waals surface area contributed by atoms with Crippen molar-refractivity contribution in [2.45, 2.75) is 12.8 Å². The van der Waals surface area contributed by atoms with Crippen LogP contribution in [0, 0.1) is 10.1 Å². The van der Waals surface area contributed by atoms with Gasteiger partial charge in [0.05, 0.1) is 28.3 Å². The van der Waals surface area contributed by atoms with Crippen molar-refractivity contribution in [3.05, 3.63) is 57.2 Å². The average molecular weight is 416 g/mol. The van der Waals surface area contributed by atoms with Gasteiger partial charge >= 0.3 is 5.97 Å². The number of benzene rings is 1. The predicted molar refractivity (Wildman–Crippen MR) is 104 cm³/mol. The molecule has 1 aromatic heterocycles. The Morgan fingerprint density at radius 3 is 2.66 bits per heavy atom. The third-order valence-electron chi connectivity index (χ3n) is 4.08. The molecule has 1 aromatic carbocycles. The maximum absolute atomic E-state index is 12.4. The molecule has 0 spiro atoms. The molecule has 11 heteroatoms. The van der Waals surface area contributed by atoms with Crippen LogP contribution in [0.5, 0.6) is 0 Å². The fourth-order valence-electron chi connectivity index (χ4n) is 2.60. The van der Waals surface area contributed by atoms with Crippen molar-refractivity contribution in [1.29, 1.82) is 0 Å². The number of esters is 1. The Hall–Kier alpha value is -3.47. The molecule has 0 unspecified atom stereocenters. The van der Waals surface area contributed by atoms with Crippen molar-refractivity contribution in [3.63, 3.8) is 0 Å². The van der Waals surface area contributed by atoms with Gasteiger partial charge in [-0.2, -0.15) is 5.10 Å². The summed E-state index contributed by atoms with van der Waals surface area (Å²) >= 11 is 0.810. The molecule has 0 N–H and O–H groups in total. The Balaban J connectivity index is 1.69. The fraction of sp³-hybridized carbons (Fsp3) is 0.222. The number of carbonyl (C=O) groups is 3. The molecule has 2 heterocycles. The highest BCUT2D eigenvalue weighted by atomic mass is 32.2. The van der Waals surface area contributed by atoms with E-state index in [1.54, 1.807) is 24.4 Å². The highest BCUT2D eigenvalue weighted by Crippen LogP contribution is 2.32. The van der Waals surface area contributed by atoms with Gasteiger partial charge in [0.25, 0.3) is 16.8 Å². The molecule has 0 radical (unpaired) electrons. The zero-order valence-electron chi connectivity index (χ0n) is 15.3. The van der Waals surface area contributed by atoms with Gasteiger partial charge in [-0.1, -0.05) is 0 Å². The summed E-state index contributed by atoms with van der Waals surface area (Å²) in [5.74, 6) is -0.834. The maximum Gasteiger partial charge on any atom is 0.305 e. The normalized spacial score (nSPS) is 15.2. The van der Waals surface area contributed by atoms with Crippen LogP contribution in [0.1, 0.15) is 18.5 Å². The zero-order valence-corrected chi connectivity index (χ0v) is 16.1. The van der Waals surface area contributed by atoms with Crippen LogP contribution >= 0.6 is 11.8 Å². The summed E-state index contributed by atoms with van der Waals surface area (Å²) in [5, 5.41) is 14.6. The number of amides is 2. The number of aromatic nitrogens is 2. The maximum atomic E-state index is 12.4. The lowest BCUT2D eigenvalue weighted by atomic mass is 10.3. The minimum absolute atomic E-state index is 0.0259. The van der Waals surface area contributed by atoms with Gasteiger partial charge in [-0.25, -0.2) is 4.68 Å². The number of ether oxygens (including phenoxy) is 1. The molecule has 0 aliphatic carbocycles. The van der Waals surface area contributed by atoms with Gasteiger partial charge in [0.1, 0.15) is 0 Å². The molecular weight excluding hydrogens is 400 g/mol. The lowest BCUT2D eigenvalue weighted by molar-refractivity contribution is -0.384. The summed E-state index contributed by atoms with van der Waals surface area (Å²) in [6, 6.07) is 7.52. The van der Waals surface area contributed by atoms with Crippen LogP contribution < -0.4 is 0 Å². The lowest BCUT2D eigenvalue weighted by Crippen LogP contribution is -2.29. The van der Waals surface area contributed by atoms with Gasteiger partial charge in [-0.05, 0) is 42.5 Å². The van der Waals surface area contributed by atoms with Gasteiger partial charge in [0, 0.05) is 31.3 Å². The van der Waals surface area contributed by atoms with E-state index in [2.05, 4.69) is 9.84 Å². The first kappa shape index (κ1) is 20.3. The highest BCUT2D eigenvalue weighted by Gasteiger charge is 2.34. The lowest BCUT2D eigenvalue weighted by Gasteiger charge is -2.11. The van der Waals surface area contributed by atoms with Crippen LogP contribution in [0.2, 0.25) is 0 Å². The van der Waals surface area contributed by atoms with E-state index in [4.69, 9.17) is 0 Å². The zero-order chi connectivity index (χ0) is 21.0. The van der Waals surface area contributed by atoms with Crippen LogP contribution in [0.4, 0.5) is 10.5 Å². The summed E-state index contributed by atoms with van der Waals surface area (Å²) in [6.07, 6.45) is 3.60. The molecule has 0 bridgehead atoms. The van der Waals surface area contributed by atoms with Crippen LogP contribution in [0.15, 0.2) is 41.4 Å². The summed E-state index contributed by atoms with van der Waals surface area (Å²) in [7, 11) is 1.28. The van der Waals surface area contributed by atoms with Crippen molar-refractivity contribution >= 4 is 40.6 Å². The van der Waals surface area contributed by atoms with E-state index in [1.165, 1.54) is 30.0 Å². The molecule has 1 aliphatic rings. The average Bonchev–Trinajstić information content (AvgIpc) is 3.28. The summed E-state index contributed by atoms with van der Waals surface area (Å²) in [6.45, 7) is 0.133. The predicted octanol–water partition coefficient (Wildman–Crippen LogP) is 2.77. The Morgan fingerprint density at radius 1 is 1.28 bits per heavy atom. The molecule has 10 nitrogen and oxygen atoms in total. The van der Waals surface area contributed by atoms with E-state index in [0.717, 1.165) is 16.7 Å². The molecule has 1 fully saturated rings. The van der Waals surface area contributed by atoms with Crippen LogP contribution in [-0.4, -0.2) is 50.4 Å². The van der Waals surface area contributed by atoms with Crippen LogP contribution in [0.3, 0.4) is 0 Å². The first-order valence-electron chi connectivity index (χ1n) is 8.51. The van der Waals surface area contributed by atoms with Crippen LogP contribution in [0.25, 0.3) is 11.8 Å². The van der Waals surface area contributed by atoms with Crippen molar-refractivity contribution in [2.24, 2.45) is 0 Å². The van der Waals surface area contributed by atoms with Crippen LogP contribution in [-0.2, 0) is 14.3 Å². The van der Waals surface area contributed by atoms with Crippen molar-refractivity contribution in [3.8, 4) is 5.69 Å². The Morgan fingerprint density at radius 2 is 2.00 bits per heavy atom. The number of non-ortho nitro benzene ring substituents is 1. The van der Waals surface area contributed by atoms with E-state index < -0.39 is 22.0 Å². The number of carbonyl (C=O) groups excluding carboxylic acids is 3. The van der Waals surface area contributed by atoms with E-state index in [-0.39, 0.29) is 23.6 Å². The number of methoxy groups -OCH3 is 1. The topological polar surface area (TPSA) is 125 Å². The van der Waals surface area contributed by atoms with Gasteiger partial charge in [-0.3, -0.25) is 29.4 Å². The third kappa shape index (κ3) is 4.69. The number of thioether (sulfide) groups is 1. The number of imide groups is 1. The van der Waals surface area contributed by atoms with Gasteiger partial charge in [0.2, 0.25) is 0 Å². The van der Waals surface area contributed by atoms with Gasteiger partial charge in [0.15, 0.2) is 0 Å². The van der Waals surface area contributed by atoms with Gasteiger partial charge in [-0.15, -0.1) is 0 Å². The second kappa shape index (κ2) is 8.69. The molecule has 29 heavy (non-hydrogen) atoms. The molecule has 1 saturated heterocycles. The smallest absolute Gasteiger partial charge is 0.305 e. The van der Waals surface area contributed by atoms with Crippen molar-refractivity contribution in [1.82, 2.24) is 14.7 Å². The first-order chi connectivity index (χ1) is 13.9. The number of nitrogens with zero attached hydrogens (tertiary/aromatic N) is 4. The minimum Gasteiger partial charge on any atom is -0.469 e. The molecule has 1 aliphatic heterocycles. The van der Waals surface area contributed by atoms with Gasteiger partial charge < -0.3 is 4.74 Å². The second-order valence-corrected chi connectivity index (χ2v) is 6.96. The molecular formula is C18H16N4O6S. The number of hydrogen-bond donors (Lipinski definition) is 0. The SMILES string of the molecule is COC(=O)CCCN1C(=O)S/C(=C\c2ccn(-c3ccc([N+](=O)[O-])cc3)n2)C1=O. The summed E-state index contributed by atoms with van der Waals surface area (Å²) in [4.78, 5) is 47.2. The number of rotatable bonds is 7. The second-order valence-electron chi connectivity index (χ2n) is 5.97. The number of nitro groups is 1. The standard InChI is InChI=1S/C18H16N4O6S/c1-28-16(23)3-2-9-20-17(24)15(29-18(20)25)11-12-8-10-21(19-12)13-4-6-14(7-5-13)22(26)27/h4-8,10-11H,2-3,9H2,1H3/b15-11-. The molecule has 150 valence electrons. The van der Waals surface area contributed by atoms with E-state index >= 15 is 0 Å². The third-order valence-corrected chi connectivity index (χ3v) is 4.99. The Kier molecular flexibility index (Phi) is 6.07. The molecule has 0 saturated carbocycles. The highest BCUT2D eigenvalue weighted by molar-refractivity contribution is 8.18. The van der Waals surface area contributed by atoms with Crippen molar-refractivity contribution in [2.75, 3.05) is 13.7 Å². The molecule has 3 rings (SSSR count). The fourth-order valence-corrected chi connectivity index (χ4v) is 3.45. The Labute approximate surface area is 169 Å². The number of hydrogen-bond acceptors (Lipinski definition) is 8. The molecule has 2 aromatic rings. The monoisotopic (exact) mass is 416 g/mol. The quantitative estimate of drug-likeness (QED) is 0.292.